The van der Waals surface area contributed by atoms with Crippen LogP contribution in [0.3, 0.4) is 0 Å². The smallest absolute Gasteiger partial charge is 0.356 e. The maximum atomic E-state index is 11.4. The van der Waals surface area contributed by atoms with E-state index in [0.717, 1.165) is 5.56 Å². The van der Waals surface area contributed by atoms with Crippen molar-refractivity contribution in [2.75, 3.05) is 6.61 Å². The largest absolute Gasteiger partial charge is 0.461 e. The topological polar surface area (TPSA) is 80.8 Å². The highest BCUT2D eigenvalue weighted by atomic mass is 16.5. The fraction of sp³-hybridized carbons (Fsp3) is 0.200. The van der Waals surface area contributed by atoms with Crippen molar-refractivity contribution in [1.82, 2.24) is 20.2 Å². The van der Waals surface area contributed by atoms with Crippen LogP contribution in [0.2, 0.25) is 0 Å². The molecule has 0 aliphatic carbocycles. The Morgan fingerprint density at radius 3 is 3.06 bits per heavy atom. The zero-order valence-electron chi connectivity index (χ0n) is 8.67. The van der Waals surface area contributed by atoms with Crippen LogP contribution in [-0.2, 0) is 4.74 Å². The summed E-state index contributed by atoms with van der Waals surface area (Å²) in [5.41, 5.74) is 1.01. The number of H-pyrrole nitrogens is 1. The third-order valence-electron chi connectivity index (χ3n) is 1.93. The molecule has 0 radical (unpaired) electrons. The lowest BCUT2D eigenvalue weighted by molar-refractivity contribution is 0.0519. The number of carbonyl (C=O) groups is 1. The predicted octanol–water partition coefficient (Wildman–Crippen LogP) is 1.04. The lowest BCUT2D eigenvalue weighted by Gasteiger charge is -2.01. The van der Waals surface area contributed by atoms with Gasteiger partial charge in [-0.2, -0.15) is 5.10 Å². The summed E-state index contributed by atoms with van der Waals surface area (Å²) in [6.45, 7) is 2.07. The molecule has 0 unspecified atom stereocenters. The average Bonchev–Trinajstić information content (AvgIpc) is 2.83. The molecule has 1 N–H and O–H groups in total. The van der Waals surface area contributed by atoms with Crippen molar-refractivity contribution in [3.05, 3.63) is 30.4 Å². The molecule has 16 heavy (non-hydrogen) atoms. The molecule has 2 aromatic heterocycles. The molecule has 6 heteroatoms. The maximum absolute atomic E-state index is 11.4. The maximum Gasteiger partial charge on any atom is 0.356 e. The molecule has 82 valence electrons. The monoisotopic (exact) mass is 218 g/mol. The zero-order chi connectivity index (χ0) is 11.4. The molecule has 6 nitrogen and oxygen atoms in total. The number of aromatic nitrogens is 4. The van der Waals surface area contributed by atoms with Crippen LogP contribution in [0.1, 0.15) is 17.4 Å². The van der Waals surface area contributed by atoms with E-state index in [2.05, 4.69) is 20.2 Å². The van der Waals surface area contributed by atoms with Gasteiger partial charge in [-0.05, 0) is 19.1 Å². The second-order valence-corrected chi connectivity index (χ2v) is 2.98. The van der Waals surface area contributed by atoms with Crippen LogP contribution in [0.5, 0.6) is 0 Å². The summed E-state index contributed by atoms with van der Waals surface area (Å²) in [6, 6.07) is 3.35. The van der Waals surface area contributed by atoms with Gasteiger partial charge >= 0.3 is 5.97 Å². The molecule has 2 aromatic rings. The SMILES string of the molecule is CCOC(=O)c1cc(-c2ncn[nH]2)ccn1. The van der Waals surface area contributed by atoms with Crippen molar-refractivity contribution in [3.63, 3.8) is 0 Å². The van der Waals surface area contributed by atoms with Gasteiger partial charge in [0.2, 0.25) is 0 Å². The highest BCUT2D eigenvalue weighted by Gasteiger charge is 2.10. The van der Waals surface area contributed by atoms with Crippen molar-refractivity contribution in [1.29, 1.82) is 0 Å². The van der Waals surface area contributed by atoms with Crippen LogP contribution in [-0.4, -0.2) is 32.7 Å². The molecular weight excluding hydrogens is 208 g/mol. The van der Waals surface area contributed by atoms with Gasteiger partial charge in [0.15, 0.2) is 5.82 Å². The van der Waals surface area contributed by atoms with Gasteiger partial charge in [0.25, 0.3) is 0 Å². The van der Waals surface area contributed by atoms with Gasteiger partial charge < -0.3 is 4.74 Å². The standard InChI is InChI=1S/C10H10N4O2/c1-2-16-10(15)8-5-7(3-4-11-8)9-12-6-13-14-9/h3-6H,2H2,1H3,(H,12,13,14). The summed E-state index contributed by atoms with van der Waals surface area (Å²) >= 11 is 0. The molecule has 0 atom stereocenters. The molecule has 0 bridgehead atoms. The number of hydrogen-bond acceptors (Lipinski definition) is 5. The Bertz CT molecular complexity index is 481. The first-order valence-electron chi connectivity index (χ1n) is 4.80. The van der Waals surface area contributed by atoms with Crippen LogP contribution in [0.15, 0.2) is 24.7 Å². The number of pyridine rings is 1. The van der Waals surface area contributed by atoms with E-state index in [1.54, 1.807) is 19.1 Å². The third kappa shape index (κ3) is 2.05. The first-order valence-corrected chi connectivity index (χ1v) is 4.80. The number of aromatic amines is 1. The molecule has 0 aromatic carbocycles. The second kappa shape index (κ2) is 4.52. The number of nitrogens with one attached hydrogen (secondary N) is 1. The fourth-order valence-electron chi connectivity index (χ4n) is 1.24. The van der Waals surface area contributed by atoms with Gasteiger partial charge in [0.1, 0.15) is 12.0 Å². The molecule has 0 aliphatic heterocycles. The summed E-state index contributed by atoms with van der Waals surface area (Å²) in [7, 11) is 0. The summed E-state index contributed by atoms with van der Waals surface area (Å²) in [5.74, 6) is 0.150. The van der Waals surface area contributed by atoms with E-state index >= 15 is 0 Å². The number of nitrogens with zero attached hydrogens (tertiary/aromatic N) is 3. The van der Waals surface area contributed by atoms with Crippen molar-refractivity contribution in [3.8, 4) is 11.4 Å². The first-order chi connectivity index (χ1) is 7.81. The Kier molecular flexibility index (Phi) is 2.90. The van der Waals surface area contributed by atoms with Gasteiger partial charge in [0.05, 0.1) is 6.61 Å². The zero-order valence-corrected chi connectivity index (χ0v) is 8.67. The van der Waals surface area contributed by atoms with E-state index in [1.807, 2.05) is 0 Å². The van der Waals surface area contributed by atoms with Crippen LogP contribution in [0.25, 0.3) is 11.4 Å². The van der Waals surface area contributed by atoms with Crippen molar-refractivity contribution < 1.29 is 9.53 Å². The molecule has 0 aliphatic rings. The molecule has 0 spiro atoms. The molecule has 2 heterocycles. The summed E-state index contributed by atoms with van der Waals surface area (Å²) in [6.07, 6.45) is 2.93. The van der Waals surface area contributed by atoms with E-state index in [4.69, 9.17) is 4.74 Å². The van der Waals surface area contributed by atoms with Crippen LogP contribution in [0, 0.1) is 0 Å². The number of esters is 1. The Balaban J connectivity index is 2.30. The highest BCUT2D eigenvalue weighted by molar-refractivity contribution is 5.88. The molecular formula is C10H10N4O2. The number of ether oxygens (including phenoxy) is 1. The molecule has 0 amide bonds. The van der Waals surface area contributed by atoms with Gasteiger partial charge in [-0.3, -0.25) is 5.10 Å². The van der Waals surface area contributed by atoms with Crippen molar-refractivity contribution in [2.24, 2.45) is 0 Å². The first kappa shape index (κ1) is 10.3. The summed E-state index contributed by atoms with van der Waals surface area (Å²) in [4.78, 5) is 19.4. The van der Waals surface area contributed by atoms with Crippen LogP contribution < -0.4 is 0 Å². The molecule has 0 saturated heterocycles. The average molecular weight is 218 g/mol. The predicted molar refractivity (Wildman–Crippen MR) is 55.6 cm³/mol. The molecule has 2 rings (SSSR count). The summed E-state index contributed by atoms with van der Waals surface area (Å²) in [5, 5.41) is 6.45. The number of carbonyl (C=O) groups excluding carboxylic acids is 1. The van der Waals surface area contributed by atoms with E-state index < -0.39 is 5.97 Å². The summed E-state index contributed by atoms with van der Waals surface area (Å²) < 4.78 is 4.85. The van der Waals surface area contributed by atoms with Gasteiger partial charge in [-0.15, -0.1) is 0 Å². The van der Waals surface area contributed by atoms with Gasteiger partial charge in [-0.1, -0.05) is 0 Å². The lowest BCUT2D eigenvalue weighted by atomic mass is 10.2. The minimum absolute atomic E-state index is 0.260. The minimum Gasteiger partial charge on any atom is -0.461 e. The fourth-order valence-corrected chi connectivity index (χ4v) is 1.24. The van der Waals surface area contributed by atoms with E-state index in [1.165, 1.54) is 12.5 Å². The van der Waals surface area contributed by atoms with Crippen molar-refractivity contribution in [2.45, 2.75) is 6.92 Å². The van der Waals surface area contributed by atoms with Gasteiger partial charge in [-0.25, -0.2) is 14.8 Å². The van der Waals surface area contributed by atoms with E-state index in [0.29, 0.717) is 12.4 Å². The van der Waals surface area contributed by atoms with E-state index in [-0.39, 0.29) is 5.69 Å². The Morgan fingerprint density at radius 2 is 2.38 bits per heavy atom. The van der Waals surface area contributed by atoms with Crippen LogP contribution in [0.4, 0.5) is 0 Å². The lowest BCUT2D eigenvalue weighted by Crippen LogP contribution is -2.06. The Labute approximate surface area is 91.7 Å². The molecule has 0 fully saturated rings. The van der Waals surface area contributed by atoms with Gasteiger partial charge in [0, 0.05) is 11.8 Å². The second-order valence-electron chi connectivity index (χ2n) is 2.98. The minimum atomic E-state index is -0.441. The van der Waals surface area contributed by atoms with Crippen LogP contribution >= 0.6 is 0 Å². The number of hydrogen-bond donors (Lipinski definition) is 1. The van der Waals surface area contributed by atoms with Crippen molar-refractivity contribution >= 4 is 5.97 Å². The highest BCUT2D eigenvalue weighted by Crippen LogP contribution is 2.13. The van der Waals surface area contributed by atoms with E-state index in [9.17, 15) is 4.79 Å². The Hall–Kier alpha value is -2.24. The Morgan fingerprint density at radius 1 is 1.50 bits per heavy atom. The normalized spacial score (nSPS) is 10.1. The molecule has 0 saturated carbocycles. The number of rotatable bonds is 3. The quantitative estimate of drug-likeness (QED) is 0.778. The third-order valence-corrected chi connectivity index (χ3v) is 1.93.